The highest BCUT2D eigenvalue weighted by molar-refractivity contribution is 4.86. The first-order valence-electron chi connectivity index (χ1n) is 10.9. The summed E-state index contributed by atoms with van der Waals surface area (Å²) in [6.07, 6.45) is 4.62. The van der Waals surface area contributed by atoms with Gasteiger partial charge in [0.05, 0.1) is 36.1 Å². The van der Waals surface area contributed by atoms with E-state index in [9.17, 15) is 8.78 Å². The van der Waals surface area contributed by atoms with E-state index in [2.05, 4.69) is 20.8 Å². The Morgan fingerprint density at radius 1 is 0.857 bits per heavy atom. The lowest BCUT2D eigenvalue weighted by atomic mass is 9.90. The van der Waals surface area contributed by atoms with Crippen molar-refractivity contribution in [2.24, 2.45) is 0 Å². The minimum Gasteiger partial charge on any atom is -0.376 e. The topological polar surface area (TPSA) is 30.9 Å². The second-order valence-corrected chi connectivity index (χ2v) is 10.5. The highest BCUT2D eigenvalue weighted by atomic mass is 19.3. The van der Waals surface area contributed by atoms with Crippen LogP contribution in [0.5, 0.6) is 0 Å². The molecule has 1 saturated heterocycles. The zero-order valence-electron chi connectivity index (χ0n) is 18.7. The minimum absolute atomic E-state index is 0.106. The molecule has 1 heterocycles. The number of likely N-dealkylation sites (tertiary alicyclic amines) is 1. The van der Waals surface area contributed by atoms with E-state index in [4.69, 9.17) is 14.2 Å². The molecule has 0 radical (unpaired) electrons. The first-order chi connectivity index (χ1) is 12.8. The summed E-state index contributed by atoms with van der Waals surface area (Å²) in [7, 11) is 0. The molecule has 1 aliphatic carbocycles. The summed E-state index contributed by atoms with van der Waals surface area (Å²) in [5.74, 6) is -2.65. The van der Waals surface area contributed by atoms with Crippen molar-refractivity contribution in [3.63, 3.8) is 0 Å². The molecule has 2 rings (SSSR count). The summed E-state index contributed by atoms with van der Waals surface area (Å²) >= 11 is 0. The SMILES string of the molecule is CC(C)(C)OCCCC(F)(F)CN1CCC(OC2CC(OC(C)(C)C)C2)CC1. The Bertz CT molecular complexity index is 459. The molecule has 0 atom stereocenters. The first-order valence-corrected chi connectivity index (χ1v) is 10.9. The summed E-state index contributed by atoms with van der Waals surface area (Å²) in [5, 5.41) is 0. The Hall–Kier alpha value is -0.300. The van der Waals surface area contributed by atoms with Crippen molar-refractivity contribution in [1.29, 1.82) is 0 Å². The van der Waals surface area contributed by atoms with Gasteiger partial charge in [0.15, 0.2) is 0 Å². The van der Waals surface area contributed by atoms with Crippen LogP contribution in [-0.4, -0.2) is 66.6 Å². The smallest absolute Gasteiger partial charge is 0.260 e. The van der Waals surface area contributed by atoms with Crippen LogP contribution in [0.2, 0.25) is 0 Å². The van der Waals surface area contributed by atoms with Crippen LogP contribution in [0, 0.1) is 0 Å². The lowest BCUT2D eigenvalue weighted by Crippen LogP contribution is -2.47. The van der Waals surface area contributed by atoms with Crippen LogP contribution in [0.3, 0.4) is 0 Å². The number of hydrogen-bond acceptors (Lipinski definition) is 4. The van der Waals surface area contributed by atoms with Gasteiger partial charge in [0.2, 0.25) is 0 Å². The molecular formula is C22H41F2NO3. The van der Waals surface area contributed by atoms with E-state index < -0.39 is 5.92 Å². The second kappa shape index (κ2) is 9.67. The van der Waals surface area contributed by atoms with Crippen LogP contribution in [0.1, 0.15) is 80.1 Å². The molecule has 4 nitrogen and oxygen atoms in total. The maximum absolute atomic E-state index is 14.2. The molecule has 28 heavy (non-hydrogen) atoms. The quantitative estimate of drug-likeness (QED) is 0.503. The molecule has 2 aliphatic rings. The fraction of sp³-hybridized carbons (Fsp3) is 1.00. The van der Waals surface area contributed by atoms with Crippen LogP contribution in [0.15, 0.2) is 0 Å². The highest BCUT2D eigenvalue weighted by Gasteiger charge is 2.37. The zero-order chi connectivity index (χ0) is 21.0. The third-order valence-corrected chi connectivity index (χ3v) is 5.17. The molecule has 2 fully saturated rings. The van der Waals surface area contributed by atoms with Crippen LogP contribution in [-0.2, 0) is 14.2 Å². The summed E-state index contributed by atoms with van der Waals surface area (Å²) in [5.41, 5.74) is -0.373. The Kier molecular flexibility index (Phi) is 8.28. The Morgan fingerprint density at radius 3 is 2.00 bits per heavy atom. The third kappa shape index (κ3) is 9.47. The van der Waals surface area contributed by atoms with Crippen molar-refractivity contribution in [1.82, 2.24) is 4.90 Å². The molecule has 6 heteroatoms. The fourth-order valence-electron chi connectivity index (χ4n) is 3.82. The van der Waals surface area contributed by atoms with Crippen LogP contribution < -0.4 is 0 Å². The van der Waals surface area contributed by atoms with Crippen molar-refractivity contribution in [2.45, 2.75) is 116 Å². The summed E-state index contributed by atoms with van der Waals surface area (Å²) < 4.78 is 46.1. The molecule has 0 N–H and O–H groups in total. The number of nitrogens with zero attached hydrogens (tertiary/aromatic N) is 1. The van der Waals surface area contributed by atoms with Crippen molar-refractivity contribution in [2.75, 3.05) is 26.2 Å². The number of rotatable bonds is 9. The van der Waals surface area contributed by atoms with Gasteiger partial charge in [0.1, 0.15) is 0 Å². The van der Waals surface area contributed by atoms with Gasteiger partial charge in [-0.3, -0.25) is 4.90 Å². The van der Waals surface area contributed by atoms with Gasteiger partial charge < -0.3 is 14.2 Å². The predicted octanol–water partition coefficient (Wildman–Crippen LogP) is 5.04. The van der Waals surface area contributed by atoms with Crippen molar-refractivity contribution in [3.8, 4) is 0 Å². The number of ether oxygens (including phenoxy) is 3. The van der Waals surface area contributed by atoms with E-state index in [1.165, 1.54) is 0 Å². The Labute approximate surface area is 170 Å². The van der Waals surface area contributed by atoms with Gasteiger partial charge in [-0.1, -0.05) is 0 Å². The molecule has 0 aromatic carbocycles. The van der Waals surface area contributed by atoms with Gasteiger partial charge in [0, 0.05) is 26.1 Å². The second-order valence-electron chi connectivity index (χ2n) is 10.5. The standard InChI is InChI=1S/C22H41F2NO3/c1-20(2,3)26-13-7-10-22(23,24)16-25-11-8-17(9-12-25)27-18-14-19(15-18)28-21(4,5)6/h17-19H,7-16H2,1-6H3. The van der Waals surface area contributed by atoms with E-state index >= 15 is 0 Å². The van der Waals surface area contributed by atoms with Gasteiger partial charge in [0.25, 0.3) is 5.92 Å². The largest absolute Gasteiger partial charge is 0.376 e. The molecule has 0 unspecified atom stereocenters. The molecule has 1 saturated carbocycles. The lowest BCUT2D eigenvalue weighted by molar-refractivity contribution is -0.169. The molecule has 0 bridgehead atoms. The maximum atomic E-state index is 14.2. The van der Waals surface area contributed by atoms with Crippen molar-refractivity contribution >= 4 is 0 Å². The van der Waals surface area contributed by atoms with Crippen LogP contribution >= 0.6 is 0 Å². The summed E-state index contributed by atoms with van der Waals surface area (Å²) in [6, 6.07) is 0. The average molecular weight is 406 g/mol. The normalized spacial score (nSPS) is 25.7. The average Bonchev–Trinajstić information content (AvgIpc) is 2.49. The molecule has 1 aliphatic heterocycles. The van der Waals surface area contributed by atoms with Crippen LogP contribution in [0.4, 0.5) is 8.78 Å². The number of halogens is 2. The molecular weight excluding hydrogens is 364 g/mol. The van der Waals surface area contributed by atoms with Gasteiger partial charge in [-0.2, -0.15) is 0 Å². The van der Waals surface area contributed by atoms with Gasteiger partial charge in [-0.25, -0.2) is 8.78 Å². The Balaban J connectivity index is 1.58. The van der Waals surface area contributed by atoms with E-state index in [-0.39, 0.29) is 36.4 Å². The number of alkyl halides is 2. The van der Waals surface area contributed by atoms with Crippen LogP contribution in [0.25, 0.3) is 0 Å². The Morgan fingerprint density at radius 2 is 1.46 bits per heavy atom. The van der Waals surface area contributed by atoms with Crippen molar-refractivity contribution in [3.05, 3.63) is 0 Å². The molecule has 0 spiro atoms. The first kappa shape index (κ1) is 24.0. The molecule has 0 aromatic rings. The fourth-order valence-corrected chi connectivity index (χ4v) is 3.82. The predicted molar refractivity (Wildman–Crippen MR) is 108 cm³/mol. The van der Waals surface area contributed by atoms with E-state index in [0.29, 0.717) is 32.2 Å². The summed E-state index contributed by atoms with van der Waals surface area (Å²) in [6.45, 7) is 13.7. The molecule has 166 valence electrons. The monoisotopic (exact) mass is 405 g/mol. The summed E-state index contributed by atoms with van der Waals surface area (Å²) in [4.78, 5) is 1.89. The molecule has 0 aromatic heterocycles. The number of hydrogen-bond donors (Lipinski definition) is 0. The number of piperidine rings is 1. The van der Waals surface area contributed by atoms with Gasteiger partial charge in [-0.05, 0) is 73.6 Å². The van der Waals surface area contributed by atoms with Gasteiger partial charge >= 0.3 is 0 Å². The van der Waals surface area contributed by atoms with E-state index in [1.54, 1.807) is 0 Å². The van der Waals surface area contributed by atoms with Gasteiger partial charge in [-0.15, -0.1) is 0 Å². The highest BCUT2D eigenvalue weighted by Crippen LogP contribution is 2.32. The van der Waals surface area contributed by atoms with E-state index in [1.807, 2.05) is 25.7 Å². The molecule has 0 amide bonds. The minimum atomic E-state index is -2.65. The lowest BCUT2D eigenvalue weighted by Gasteiger charge is -2.42. The van der Waals surface area contributed by atoms with Crippen molar-refractivity contribution < 1.29 is 23.0 Å². The third-order valence-electron chi connectivity index (χ3n) is 5.17. The zero-order valence-corrected chi connectivity index (χ0v) is 18.7. The van der Waals surface area contributed by atoms with E-state index in [0.717, 1.165) is 25.7 Å². The maximum Gasteiger partial charge on any atom is 0.260 e.